The van der Waals surface area contributed by atoms with Crippen molar-refractivity contribution in [1.82, 2.24) is 30.0 Å². The van der Waals surface area contributed by atoms with Gasteiger partial charge in [-0.3, -0.25) is 4.79 Å². The molecule has 1 saturated carbocycles. The second kappa shape index (κ2) is 6.88. The van der Waals surface area contributed by atoms with Gasteiger partial charge in [-0.1, -0.05) is 4.85 Å². The third-order valence-electron chi connectivity index (χ3n) is 6.47. The van der Waals surface area contributed by atoms with Gasteiger partial charge in [-0.2, -0.15) is 0 Å². The molecule has 1 amide bonds. The zero-order valence-corrected chi connectivity index (χ0v) is 17.7. The number of nitrogens with one attached hydrogen (secondary N) is 1. The fraction of sp³-hybridized carbons (Fsp3) is 0.381. The van der Waals surface area contributed by atoms with Crippen molar-refractivity contribution in [2.75, 3.05) is 11.9 Å². The Morgan fingerprint density at radius 1 is 1.26 bits per heavy atom. The van der Waals surface area contributed by atoms with E-state index in [1.54, 1.807) is 29.5 Å². The second-order valence-corrected chi connectivity index (χ2v) is 9.29. The highest BCUT2D eigenvalue weighted by Crippen LogP contribution is 2.38. The molecule has 2 bridgehead atoms. The van der Waals surface area contributed by atoms with Gasteiger partial charge in [0.05, 0.1) is 11.4 Å². The molecular weight excluding hydrogens is 414 g/mol. The van der Waals surface area contributed by atoms with Crippen LogP contribution in [0.1, 0.15) is 35.4 Å². The minimum absolute atomic E-state index is 0.0242. The molecule has 3 unspecified atom stereocenters. The summed E-state index contributed by atoms with van der Waals surface area (Å²) in [6, 6.07) is 7.42. The van der Waals surface area contributed by atoms with Gasteiger partial charge in [0.15, 0.2) is 0 Å². The normalized spacial score (nSPS) is 23.0. The molecule has 1 aromatic carbocycles. The number of anilines is 1. The Bertz CT molecular complexity index is 1320. The zero-order chi connectivity index (χ0) is 21.1. The van der Waals surface area contributed by atoms with Crippen LogP contribution in [0.15, 0.2) is 29.6 Å². The standard InChI is InChI=1S/C21H21N7O2S/c1-11-22-19(14-6-7-31-20(14)23-11)24-16-8-12-2-5-17(16)27(10-12)21(29)13-3-4-15-18(9-13)28(30)26-25-15/h3-4,6-7,9,12,16-17,30H,2,5,8,10H2,1H3,(H,22,23,24). The summed E-state index contributed by atoms with van der Waals surface area (Å²) in [7, 11) is 0. The highest BCUT2D eigenvalue weighted by molar-refractivity contribution is 7.16. The number of hydrogen-bond donors (Lipinski definition) is 2. The predicted octanol–water partition coefficient (Wildman–Crippen LogP) is 3.09. The van der Waals surface area contributed by atoms with E-state index in [0.29, 0.717) is 27.4 Å². The molecule has 158 valence electrons. The van der Waals surface area contributed by atoms with E-state index in [-0.39, 0.29) is 18.0 Å². The molecule has 10 heteroatoms. The average Bonchev–Trinajstić information content (AvgIpc) is 3.40. The van der Waals surface area contributed by atoms with Gasteiger partial charge in [0.25, 0.3) is 5.91 Å². The van der Waals surface area contributed by atoms with Gasteiger partial charge in [-0.25, -0.2) is 9.97 Å². The number of amides is 1. The van der Waals surface area contributed by atoms with E-state index >= 15 is 0 Å². The van der Waals surface area contributed by atoms with Gasteiger partial charge < -0.3 is 15.4 Å². The molecule has 4 aromatic rings. The maximum Gasteiger partial charge on any atom is 0.254 e. The Kier molecular flexibility index (Phi) is 4.10. The molecule has 7 rings (SSSR count). The number of aromatic nitrogens is 5. The van der Waals surface area contributed by atoms with Gasteiger partial charge >= 0.3 is 0 Å². The number of carbonyl (C=O) groups excluding carboxylic acids is 1. The Hall–Kier alpha value is -3.27. The minimum Gasteiger partial charge on any atom is -0.410 e. The van der Waals surface area contributed by atoms with Crippen LogP contribution in [-0.2, 0) is 0 Å². The first kappa shape index (κ1) is 18.5. The van der Waals surface area contributed by atoms with Crippen molar-refractivity contribution in [3.63, 3.8) is 0 Å². The lowest BCUT2D eigenvalue weighted by molar-refractivity contribution is 0.0282. The highest BCUT2D eigenvalue weighted by atomic mass is 32.1. The molecule has 1 aliphatic carbocycles. The quantitative estimate of drug-likeness (QED) is 0.476. The van der Waals surface area contributed by atoms with Crippen molar-refractivity contribution in [3.8, 4) is 0 Å². The van der Waals surface area contributed by atoms with Gasteiger partial charge in [0.1, 0.15) is 27.5 Å². The van der Waals surface area contributed by atoms with Crippen molar-refractivity contribution in [2.24, 2.45) is 5.92 Å². The highest BCUT2D eigenvalue weighted by Gasteiger charge is 2.43. The number of hydrogen-bond acceptors (Lipinski definition) is 8. The van der Waals surface area contributed by atoms with Gasteiger partial charge in [0, 0.05) is 18.2 Å². The Morgan fingerprint density at radius 2 is 2.16 bits per heavy atom. The monoisotopic (exact) mass is 435 g/mol. The molecular formula is C21H21N7O2S. The molecule has 3 aliphatic rings. The number of rotatable bonds is 3. The van der Waals surface area contributed by atoms with Crippen LogP contribution in [0.5, 0.6) is 0 Å². The summed E-state index contributed by atoms with van der Waals surface area (Å²) in [6.45, 7) is 2.66. The molecule has 31 heavy (non-hydrogen) atoms. The molecule has 5 heterocycles. The minimum atomic E-state index is -0.0242. The van der Waals surface area contributed by atoms with Crippen LogP contribution in [0, 0.1) is 12.8 Å². The molecule has 2 N–H and O–H groups in total. The van der Waals surface area contributed by atoms with Crippen molar-refractivity contribution < 1.29 is 10.0 Å². The Balaban J connectivity index is 1.30. The number of benzene rings is 1. The number of fused-ring (bicyclic) bond motifs is 5. The maximum atomic E-state index is 13.4. The summed E-state index contributed by atoms with van der Waals surface area (Å²) in [5.74, 6) is 2.03. The topological polar surface area (TPSA) is 109 Å². The third kappa shape index (κ3) is 3.01. The predicted molar refractivity (Wildman–Crippen MR) is 116 cm³/mol. The number of aryl methyl sites for hydroxylation is 1. The summed E-state index contributed by atoms with van der Waals surface area (Å²) in [5, 5.41) is 24.0. The summed E-state index contributed by atoms with van der Waals surface area (Å²) >= 11 is 1.61. The average molecular weight is 436 g/mol. The molecule has 2 saturated heterocycles. The molecule has 0 spiro atoms. The smallest absolute Gasteiger partial charge is 0.254 e. The molecule has 3 aromatic heterocycles. The van der Waals surface area contributed by atoms with E-state index in [1.807, 2.05) is 23.3 Å². The number of piperidine rings is 2. The first-order chi connectivity index (χ1) is 15.1. The Morgan fingerprint density at radius 3 is 3.03 bits per heavy atom. The van der Waals surface area contributed by atoms with Crippen LogP contribution in [0.2, 0.25) is 0 Å². The Labute approximate surface area is 181 Å². The van der Waals surface area contributed by atoms with Crippen molar-refractivity contribution in [3.05, 3.63) is 41.0 Å². The lowest BCUT2D eigenvalue weighted by Crippen LogP contribution is -2.59. The van der Waals surface area contributed by atoms with Crippen LogP contribution < -0.4 is 5.32 Å². The number of carbonyl (C=O) groups is 1. The zero-order valence-electron chi connectivity index (χ0n) is 16.9. The maximum absolute atomic E-state index is 13.4. The van der Waals surface area contributed by atoms with Crippen LogP contribution in [0.25, 0.3) is 21.3 Å². The van der Waals surface area contributed by atoms with E-state index in [2.05, 4.69) is 25.6 Å². The van der Waals surface area contributed by atoms with Crippen molar-refractivity contribution >= 4 is 44.3 Å². The van der Waals surface area contributed by atoms with Crippen molar-refractivity contribution in [2.45, 2.75) is 38.3 Å². The third-order valence-corrected chi connectivity index (χ3v) is 7.28. The molecule has 9 nitrogen and oxygen atoms in total. The van der Waals surface area contributed by atoms with Gasteiger partial charge in [0.2, 0.25) is 0 Å². The van der Waals surface area contributed by atoms with Crippen LogP contribution in [-0.4, -0.2) is 59.8 Å². The van der Waals surface area contributed by atoms with E-state index in [9.17, 15) is 10.0 Å². The summed E-state index contributed by atoms with van der Waals surface area (Å²) < 4.78 is 0. The van der Waals surface area contributed by atoms with Gasteiger partial charge in [-0.15, -0.1) is 16.4 Å². The second-order valence-electron chi connectivity index (χ2n) is 8.40. The van der Waals surface area contributed by atoms with E-state index in [0.717, 1.165) is 47.7 Å². The fourth-order valence-corrected chi connectivity index (χ4v) is 5.85. The first-order valence-electron chi connectivity index (χ1n) is 10.4. The van der Waals surface area contributed by atoms with Gasteiger partial charge in [-0.05, 0) is 67.0 Å². The van der Waals surface area contributed by atoms with Crippen molar-refractivity contribution in [1.29, 1.82) is 0 Å². The summed E-state index contributed by atoms with van der Waals surface area (Å²) in [5.41, 5.74) is 1.52. The molecule has 2 aliphatic heterocycles. The molecule has 0 radical (unpaired) electrons. The number of nitrogens with zero attached hydrogens (tertiary/aromatic N) is 6. The molecule has 3 atom stereocenters. The van der Waals surface area contributed by atoms with Crippen LogP contribution in [0.3, 0.4) is 0 Å². The summed E-state index contributed by atoms with van der Waals surface area (Å²) in [4.78, 5) is 26.3. The first-order valence-corrected chi connectivity index (χ1v) is 11.3. The van der Waals surface area contributed by atoms with E-state index < -0.39 is 0 Å². The molecule has 3 fully saturated rings. The summed E-state index contributed by atoms with van der Waals surface area (Å²) in [6.07, 6.45) is 3.12. The number of thiophene rings is 1. The lowest BCUT2D eigenvalue weighted by atomic mass is 9.76. The van der Waals surface area contributed by atoms with Crippen LogP contribution >= 0.6 is 11.3 Å². The fourth-order valence-electron chi connectivity index (χ4n) is 5.04. The van der Waals surface area contributed by atoms with E-state index in [1.165, 1.54) is 0 Å². The SMILES string of the molecule is Cc1nc(NC2CC3CCC2N(C(=O)c2ccc4nnn(O)c4c2)C3)c2ccsc2n1. The largest absolute Gasteiger partial charge is 0.410 e. The van der Waals surface area contributed by atoms with E-state index in [4.69, 9.17) is 0 Å². The van der Waals surface area contributed by atoms with Crippen LogP contribution in [0.4, 0.5) is 5.82 Å². The lowest BCUT2D eigenvalue weighted by Gasteiger charge is -2.50.